The van der Waals surface area contributed by atoms with Gasteiger partial charge in [-0.2, -0.15) is 0 Å². The summed E-state index contributed by atoms with van der Waals surface area (Å²) in [6, 6.07) is 5.58. The summed E-state index contributed by atoms with van der Waals surface area (Å²) in [5, 5.41) is 12.4. The minimum Gasteiger partial charge on any atom is -0.465 e. The first kappa shape index (κ1) is 20.5. The summed E-state index contributed by atoms with van der Waals surface area (Å²) in [6.45, 7) is 0. The number of rotatable bonds is 6. The van der Waals surface area contributed by atoms with Gasteiger partial charge in [-0.1, -0.05) is 17.8 Å². The molecule has 0 atom stereocenters. The molecule has 0 fully saturated rings. The molecule has 1 aliphatic carbocycles. The number of amides is 1. The maximum atomic E-state index is 12.6. The number of fused-ring (bicyclic) bond motifs is 1. The molecule has 0 saturated heterocycles. The predicted molar refractivity (Wildman–Crippen MR) is 116 cm³/mol. The molecule has 30 heavy (non-hydrogen) atoms. The molecule has 1 N–H and O–H groups in total. The SMILES string of the molecule is COC(=O)c1c(NC(=O)CSc2nnc(-c3ccccn3)n2C)sc2c1CCCC2. The van der Waals surface area contributed by atoms with E-state index >= 15 is 0 Å². The van der Waals surface area contributed by atoms with E-state index in [2.05, 4.69) is 20.5 Å². The second-order valence-electron chi connectivity index (χ2n) is 6.82. The second-order valence-corrected chi connectivity index (χ2v) is 8.87. The van der Waals surface area contributed by atoms with E-state index in [9.17, 15) is 9.59 Å². The molecule has 8 nitrogen and oxygen atoms in total. The Morgan fingerprint density at radius 1 is 1.27 bits per heavy atom. The van der Waals surface area contributed by atoms with Crippen molar-refractivity contribution in [2.45, 2.75) is 30.8 Å². The van der Waals surface area contributed by atoms with Crippen LogP contribution < -0.4 is 5.32 Å². The summed E-state index contributed by atoms with van der Waals surface area (Å²) in [5.74, 6) is 0.186. The van der Waals surface area contributed by atoms with Crippen molar-refractivity contribution in [2.75, 3.05) is 18.2 Å². The van der Waals surface area contributed by atoms with Crippen LogP contribution in [0.15, 0.2) is 29.6 Å². The first-order valence-electron chi connectivity index (χ1n) is 9.54. The monoisotopic (exact) mass is 443 g/mol. The van der Waals surface area contributed by atoms with Crippen molar-refractivity contribution in [1.29, 1.82) is 0 Å². The Bertz CT molecular complexity index is 1080. The molecule has 3 heterocycles. The molecule has 0 bridgehead atoms. The van der Waals surface area contributed by atoms with E-state index in [1.807, 2.05) is 29.8 Å². The van der Waals surface area contributed by atoms with Crippen LogP contribution in [0.2, 0.25) is 0 Å². The zero-order valence-electron chi connectivity index (χ0n) is 16.7. The fourth-order valence-electron chi connectivity index (χ4n) is 3.42. The highest BCUT2D eigenvalue weighted by Gasteiger charge is 2.27. The largest absolute Gasteiger partial charge is 0.465 e. The molecular formula is C20H21N5O3S2. The number of methoxy groups -OCH3 is 1. The minimum absolute atomic E-state index is 0.150. The summed E-state index contributed by atoms with van der Waals surface area (Å²) >= 11 is 2.76. The summed E-state index contributed by atoms with van der Waals surface area (Å²) in [5.41, 5.74) is 2.25. The number of aryl methyl sites for hydroxylation is 1. The third kappa shape index (κ3) is 4.10. The molecule has 0 unspecified atom stereocenters. The molecule has 156 valence electrons. The van der Waals surface area contributed by atoms with Gasteiger partial charge in [0.05, 0.1) is 18.4 Å². The molecule has 1 aliphatic rings. The van der Waals surface area contributed by atoms with Gasteiger partial charge in [0.15, 0.2) is 11.0 Å². The molecule has 1 amide bonds. The summed E-state index contributed by atoms with van der Waals surface area (Å²) in [6.07, 6.45) is 5.62. The number of thiophene rings is 1. The van der Waals surface area contributed by atoms with Gasteiger partial charge in [0.1, 0.15) is 10.7 Å². The number of anilines is 1. The lowest BCUT2D eigenvalue weighted by atomic mass is 9.95. The molecule has 0 spiro atoms. The van der Waals surface area contributed by atoms with Crippen molar-refractivity contribution >= 4 is 40.0 Å². The third-order valence-electron chi connectivity index (χ3n) is 4.88. The van der Waals surface area contributed by atoms with E-state index in [1.54, 1.807) is 6.20 Å². The first-order valence-corrected chi connectivity index (χ1v) is 11.3. The van der Waals surface area contributed by atoms with Crippen molar-refractivity contribution in [3.05, 3.63) is 40.4 Å². The number of esters is 1. The van der Waals surface area contributed by atoms with E-state index in [1.165, 1.54) is 30.2 Å². The van der Waals surface area contributed by atoms with E-state index in [0.717, 1.165) is 41.8 Å². The van der Waals surface area contributed by atoms with Gasteiger partial charge in [-0.15, -0.1) is 21.5 Å². The highest BCUT2D eigenvalue weighted by molar-refractivity contribution is 7.99. The number of aromatic nitrogens is 4. The quantitative estimate of drug-likeness (QED) is 0.461. The van der Waals surface area contributed by atoms with Crippen molar-refractivity contribution in [1.82, 2.24) is 19.7 Å². The number of thioether (sulfide) groups is 1. The van der Waals surface area contributed by atoms with Crippen LogP contribution in [0.1, 0.15) is 33.6 Å². The van der Waals surface area contributed by atoms with Gasteiger partial charge in [-0.05, 0) is 43.4 Å². The minimum atomic E-state index is -0.398. The number of carbonyl (C=O) groups is 2. The topological polar surface area (TPSA) is 99.0 Å². The zero-order chi connectivity index (χ0) is 21.1. The molecule has 10 heteroatoms. The lowest BCUT2D eigenvalue weighted by molar-refractivity contribution is -0.113. The second kappa shape index (κ2) is 8.97. The Kier molecular flexibility index (Phi) is 6.14. The molecule has 0 aliphatic heterocycles. The number of hydrogen-bond acceptors (Lipinski definition) is 8. The molecule has 0 saturated carbocycles. The summed E-state index contributed by atoms with van der Waals surface area (Å²) < 4.78 is 6.77. The molecule has 3 aromatic rings. The van der Waals surface area contributed by atoms with Crippen molar-refractivity contribution < 1.29 is 14.3 Å². The Hall–Kier alpha value is -2.72. The van der Waals surface area contributed by atoms with Crippen LogP contribution in [-0.2, 0) is 29.4 Å². The number of hydrogen-bond donors (Lipinski definition) is 1. The third-order valence-corrected chi connectivity index (χ3v) is 7.10. The Labute approximate surface area is 182 Å². The van der Waals surface area contributed by atoms with Crippen molar-refractivity contribution in [3.8, 4) is 11.5 Å². The first-order chi connectivity index (χ1) is 14.6. The smallest absolute Gasteiger partial charge is 0.341 e. The number of nitrogens with zero attached hydrogens (tertiary/aromatic N) is 4. The van der Waals surface area contributed by atoms with Crippen LogP contribution in [0.4, 0.5) is 5.00 Å². The van der Waals surface area contributed by atoms with Crippen LogP contribution in [0.5, 0.6) is 0 Å². The fraction of sp³-hybridized carbons (Fsp3) is 0.350. The highest BCUT2D eigenvalue weighted by Crippen LogP contribution is 2.38. The number of carbonyl (C=O) groups excluding carboxylic acids is 2. The molecular weight excluding hydrogens is 422 g/mol. The Balaban J connectivity index is 1.46. The van der Waals surface area contributed by atoms with E-state index in [4.69, 9.17) is 4.74 Å². The Morgan fingerprint density at radius 3 is 2.87 bits per heavy atom. The van der Waals surface area contributed by atoms with Crippen LogP contribution in [0.3, 0.4) is 0 Å². The van der Waals surface area contributed by atoms with Crippen LogP contribution in [-0.4, -0.2) is 44.5 Å². The van der Waals surface area contributed by atoms with E-state index in [-0.39, 0.29) is 11.7 Å². The molecule has 3 aromatic heterocycles. The number of nitrogens with one attached hydrogen (secondary N) is 1. The summed E-state index contributed by atoms with van der Waals surface area (Å²) in [7, 11) is 3.21. The fourth-order valence-corrected chi connectivity index (χ4v) is 5.43. The van der Waals surface area contributed by atoms with Gasteiger partial charge >= 0.3 is 5.97 Å². The van der Waals surface area contributed by atoms with Gasteiger partial charge in [0, 0.05) is 18.1 Å². The standard InChI is InChI=1S/C20H21N5O3S2/c1-25-17(13-8-5-6-10-21-13)23-24-20(25)29-11-15(26)22-18-16(19(27)28-2)12-7-3-4-9-14(12)30-18/h5-6,8,10H,3-4,7,9,11H2,1-2H3,(H,22,26). The highest BCUT2D eigenvalue weighted by atomic mass is 32.2. The molecule has 4 rings (SSSR count). The van der Waals surface area contributed by atoms with Gasteiger partial charge in [-0.3, -0.25) is 9.78 Å². The van der Waals surface area contributed by atoms with Gasteiger partial charge in [0.25, 0.3) is 0 Å². The van der Waals surface area contributed by atoms with Crippen molar-refractivity contribution in [2.24, 2.45) is 7.05 Å². The lowest BCUT2D eigenvalue weighted by Gasteiger charge is -2.11. The number of pyridine rings is 1. The molecule has 0 aromatic carbocycles. The summed E-state index contributed by atoms with van der Waals surface area (Å²) in [4.78, 5) is 30.4. The average Bonchev–Trinajstić information content (AvgIpc) is 3.32. The van der Waals surface area contributed by atoms with Gasteiger partial charge < -0.3 is 14.6 Å². The normalized spacial score (nSPS) is 13.0. The van der Waals surface area contributed by atoms with E-state index in [0.29, 0.717) is 21.5 Å². The van der Waals surface area contributed by atoms with E-state index < -0.39 is 5.97 Å². The lowest BCUT2D eigenvalue weighted by Crippen LogP contribution is -2.17. The van der Waals surface area contributed by atoms with Gasteiger partial charge in [0.2, 0.25) is 5.91 Å². The van der Waals surface area contributed by atoms with Crippen LogP contribution >= 0.6 is 23.1 Å². The zero-order valence-corrected chi connectivity index (χ0v) is 18.3. The van der Waals surface area contributed by atoms with Crippen LogP contribution in [0, 0.1) is 0 Å². The number of ether oxygens (including phenoxy) is 1. The maximum Gasteiger partial charge on any atom is 0.341 e. The van der Waals surface area contributed by atoms with Crippen LogP contribution in [0.25, 0.3) is 11.5 Å². The van der Waals surface area contributed by atoms with Crippen molar-refractivity contribution in [3.63, 3.8) is 0 Å². The molecule has 0 radical (unpaired) electrons. The Morgan fingerprint density at radius 2 is 2.10 bits per heavy atom. The maximum absolute atomic E-state index is 12.6. The predicted octanol–water partition coefficient (Wildman–Crippen LogP) is 3.33. The average molecular weight is 444 g/mol. The van der Waals surface area contributed by atoms with Gasteiger partial charge in [-0.25, -0.2) is 4.79 Å².